The lowest BCUT2D eigenvalue weighted by molar-refractivity contribution is -0.138. The Morgan fingerprint density at radius 1 is 1.14 bits per heavy atom. The molecule has 1 amide bonds. The molecule has 2 fully saturated rings. The molecular weight excluding hydrogens is 278 g/mol. The van der Waals surface area contributed by atoms with Crippen LogP contribution in [0.15, 0.2) is 0 Å². The van der Waals surface area contributed by atoms with Crippen LogP contribution in [0.5, 0.6) is 0 Å². The van der Waals surface area contributed by atoms with E-state index in [0.29, 0.717) is 5.91 Å². The lowest BCUT2D eigenvalue weighted by atomic mass is 9.95. The van der Waals surface area contributed by atoms with Crippen LogP contribution in [0.25, 0.3) is 0 Å². The molecule has 0 aromatic carbocycles. The van der Waals surface area contributed by atoms with Gasteiger partial charge in [-0.3, -0.25) is 9.69 Å². The second kappa shape index (κ2) is 6.77. The van der Waals surface area contributed by atoms with E-state index in [0.717, 1.165) is 57.2 Å². The van der Waals surface area contributed by atoms with Crippen LogP contribution in [0.3, 0.4) is 0 Å². The fraction of sp³-hybridized carbons (Fsp3) is 0.812. The van der Waals surface area contributed by atoms with Crippen LogP contribution in [0.2, 0.25) is 0 Å². The number of hydrogen-bond acceptors (Lipinski definition) is 4. The number of nitrogens with zero attached hydrogens (tertiary/aromatic N) is 5. The highest BCUT2D eigenvalue weighted by molar-refractivity contribution is 5.79. The Balaban J connectivity index is 1.59. The lowest BCUT2D eigenvalue weighted by Crippen LogP contribution is -2.46. The number of amides is 1. The number of rotatable bonds is 3. The SMILES string of the molecule is Cc1nnc(CN2CCCC(C(=O)N3CCCCC3)C2)n1C. The molecule has 1 atom stereocenters. The molecule has 2 aliphatic heterocycles. The van der Waals surface area contributed by atoms with Crippen LogP contribution in [-0.2, 0) is 18.4 Å². The van der Waals surface area contributed by atoms with Crippen molar-refractivity contribution in [3.63, 3.8) is 0 Å². The molecule has 0 aliphatic carbocycles. The zero-order valence-corrected chi connectivity index (χ0v) is 13.8. The Morgan fingerprint density at radius 2 is 1.91 bits per heavy atom. The molecule has 22 heavy (non-hydrogen) atoms. The maximum absolute atomic E-state index is 12.7. The van der Waals surface area contributed by atoms with Crippen molar-refractivity contribution in [2.24, 2.45) is 13.0 Å². The first-order valence-corrected chi connectivity index (χ1v) is 8.51. The third-order valence-electron chi connectivity index (χ3n) is 5.07. The van der Waals surface area contributed by atoms with Crippen molar-refractivity contribution in [3.8, 4) is 0 Å². The topological polar surface area (TPSA) is 54.3 Å². The highest BCUT2D eigenvalue weighted by Crippen LogP contribution is 2.22. The van der Waals surface area contributed by atoms with Crippen LogP contribution >= 0.6 is 0 Å². The molecule has 1 aromatic rings. The van der Waals surface area contributed by atoms with E-state index in [4.69, 9.17) is 0 Å². The van der Waals surface area contributed by atoms with Crippen molar-refractivity contribution < 1.29 is 4.79 Å². The summed E-state index contributed by atoms with van der Waals surface area (Å²) >= 11 is 0. The largest absolute Gasteiger partial charge is 0.342 e. The molecule has 0 bridgehead atoms. The van der Waals surface area contributed by atoms with Gasteiger partial charge in [0, 0.05) is 26.7 Å². The zero-order chi connectivity index (χ0) is 15.5. The molecule has 122 valence electrons. The fourth-order valence-corrected chi connectivity index (χ4v) is 3.56. The standard InChI is InChI=1S/C16H27N5O/c1-13-17-18-15(19(13)2)12-20-8-6-7-14(11-20)16(22)21-9-4-3-5-10-21/h14H,3-12H2,1-2H3. The number of aromatic nitrogens is 3. The predicted octanol–water partition coefficient (Wildman–Crippen LogP) is 1.35. The van der Waals surface area contributed by atoms with Gasteiger partial charge in [0.1, 0.15) is 11.6 Å². The van der Waals surface area contributed by atoms with Gasteiger partial charge >= 0.3 is 0 Å². The summed E-state index contributed by atoms with van der Waals surface area (Å²) in [5.74, 6) is 2.47. The van der Waals surface area contributed by atoms with Crippen LogP contribution in [0, 0.1) is 12.8 Å². The molecule has 2 saturated heterocycles. The minimum atomic E-state index is 0.168. The second-order valence-corrected chi connectivity index (χ2v) is 6.68. The Morgan fingerprint density at radius 3 is 2.59 bits per heavy atom. The molecule has 0 radical (unpaired) electrons. The lowest BCUT2D eigenvalue weighted by Gasteiger charge is -2.36. The first-order valence-electron chi connectivity index (χ1n) is 8.51. The van der Waals surface area contributed by atoms with E-state index in [2.05, 4.69) is 20.0 Å². The van der Waals surface area contributed by atoms with Crippen LogP contribution in [-0.4, -0.2) is 56.7 Å². The van der Waals surface area contributed by atoms with Gasteiger partial charge in [0.15, 0.2) is 0 Å². The summed E-state index contributed by atoms with van der Waals surface area (Å²) < 4.78 is 2.04. The van der Waals surface area contributed by atoms with Gasteiger partial charge in [-0.25, -0.2) is 0 Å². The van der Waals surface area contributed by atoms with Crippen molar-refractivity contribution in [2.45, 2.75) is 45.6 Å². The van der Waals surface area contributed by atoms with Gasteiger partial charge in [0.2, 0.25) is 5.91 Å². The number of piperidine rings is 2. The van der Waals surface area contributed by atoms with Gasteiger partial charge in [-0.1, -0.05) is 0 Å². The smallest absolute Gasteiger partial charge is 0.226 e. The highest BCUT2D eigenvalue weighted by atomic mass is 16.2. The van der Waals surface area contributed by atoms with Crippen molar-refractivity contribution in [1.29, 1.82) is 0 Å². The summed E-state index contributed by atoms with van der Waals surface area (Å²) in [4.78, 5) is 17.1. The van der Waals surface area contributed by atoms with E-state index in [1.54, 1.807) is 0 Å². The summed E-state index contributed by atoms with van der Waals surface area (Å²) in [6.45, 7) is 6.59. The summed E-state index contributed by atoms with van der Waals surface area (Å²) in [7, 11) is 2.00. The molecular formula is C16H27N5O. The molecule has 6 nitrogen and oxygen atoms in total. The molecule has 1 aromatic heterocycles. The van der Waals surface area contributed by atoms with Crippen LogP contribution < -0.4 is 0 Å². The molecule has 1 unspecified atom stereocenters. The minimum absolute atomic E-state index is 0.168. The third-order valence-corrected chi connectivity index (χ3v) is 5.07. The van der Waals surface area contributed by atoms with E-state index in [1.807, 2.05) is 18.5 Å². The normalized spacial score (nSPS) is 23.7. The van der Waals surface area contributed by atoms with E-state index in [9.17, 15) is 4.79 Å². The van der Waals surface area contributed by atoms with Crippen molar-refractivity contribution >= 4 is 5.91 Å². The van der Waals surface area contributed by atoms with E-state index >= 15 is 0 Å². The molecule has 0 spiro atoms. The molecule has 3 heterocycles. The first-order chi connectivity index (χ1) is 10.6. The Hall–Kier alpha value is -1.43. The number of hydrogen-bond donors (Lipinski definition) is 0. The Labute approximate surface area is 132 Å². The van der Waals surface area contributed by atoms with Gasteiger partial charge in [-0.15, -0.1) is 10.2 Å². The van der Waals surface area contributed by atoms with Gasteiger partial charge in [0.05, 0.1) is 12.5 Å². The van der Waals surface area contributed by atoms with Gasteiger partial charge < -0.3 is 9.47 Å². The summed E-state index contributed by atoms with van der Waals surface area (Å²) in [5, 5.41) is 8.37. The quantitative estimate of drug-likeness (QED) is 0.846. The minimum Gasteiger partial charge on any atom is -0.342 e. The van der Waals surface area contributed by atoms with Crippen molar-refractivity contribution in [2.75, 3.05) is 26.2 Å². The number of likely N-dealkylation sites (tertiary alicyclic amines) is 2. The van der Waals surface area contributed by atoms with Gasteiger partial charge in [-0.05, 0) is 45.6 Å². The Bertz CT molecular complexity index is 521. The molecule has 3 rings (SSSR count). The number of carbonyl (C=O) groups excluding carboxylic acids is 1. The summed E-state index contributed by atoms with van der Waals surface area (Å²) in [5.41, 5.74) is 0. The molecule has 6 heteroatoms. The maximum Gasteiger partial charge on any atom is 0.226 e. The average Bonchev–Trinajstić information content (AvgIpc) is 2.87. The van der Waals surface area contributed by atoms with E-state index < -0.39 is 0 Å². The van der Waals surface area contributed by atoms with Gasteiger partial charge in [0.25, 0.3) is 0 Å². The third kappa shape index (κ3) is 3.32. The monoisotopic (exact) mass is 305 g/mol. The average molecular weight is 305 g/mol. The Kier molecular flexibility index (Phi) is 4.76. The van der Waals surface area contributed by atoms with Crippen molar-refractivity contribution in [3.05, 3.63) is 11.6 Å². The van der Waals surface area contributed by atoms with Crippen LogP contribution in [0.4, 0.5) is 0 Å². The maximum atomic E-state index is 12.7. The van der Waals surface area contributed by atoms with Crippen molar-refractivity contribution in [1.82, 2.24) is 24.6 Å². The fourth-order valence-electron chi connectivity index (χ4n) is 3.56. The zero-order valence-electron chi connectivity index (χ0n) is 13.8. The second-order valence-electron chi connectivity index (χ2n) is 6.68. The van der Waals surface area contributed by atoms with Gasteiger partial charge in [-0.2, -0.15) is 0 Å². The first kappa shape index (κ1) is 15.5. The highest BCUT2D eigenvalue weighted by Gasteiger charge is 2.30. The van der Waals surface area contributed by atoms with E-state index in [1.165, 1.54) is 19.3 Å². The molecule has 0 N–H and O–H groups in total. The predicted molar refractivity (Wildman–Crippen MR) is 84.2 cm³/mol. The molecule has 0 saturated carbocycles. The number of aryl methyl sites for hydroxylation is 1. The summed E-state index contributed by atoms with van der Waals surface area (Å²) in [6.07, 6.45) is 5.73. The summed E-state index contributed by atoms with van der Waals surface area (Å²) in [6, 6.07) is 0. The van der Waals surface area contributed by atoms with Crippen LogP contribution in [0.1, 0.15) is 43.8 Å². The molecule has 2 aliphatic rings. The number of carbonyl (C=O) groups is 1. The van der Waals surface area contributed by atoms with E-state index in [-0.39, 0.29) is 5.92 Å².